The van der Waals surface area contributed by atoms with Crippen molar-refractivity contribution in [3.8, 4) is 0 Å². The third kappa shape index (κ3) is 4.84. The van der Waals surface area contributed by atoms with Crippen LogP contribution in [0.2, 0.25) is 0 Å². The third-order valence-electron chi connectivity index (χ3n) is 2.56. The molecular weight excluding hydrogens is 231 g/mol. The smallest absolute Gasteiger partial charge is 0.251 e. The van der Waals surface area contributed by atoms with Crippen molar-refractivity contribution < 1.29 is 9.18 Å². The highest BCUT2D eigenvalue weighted by molar-refractivity contribution is 5.94. The number of hydrogen-bond donors (Lipinski definition) is 1. The topological polar surface area (TPSA) is 32.3 Å². The van der Waals surface area contributed by atoms with E-state index in [0.717, 1.165) is 6.54 Å². The number of nitrogens with one attached hydrogen (secondary N) is 1. The zero-order valence-electron chi connectivity index (χ0n) is 11.5. The average Bonchev–Trinajstić information content (AvgIpc) is 2.24. The van der Waals surface area contributed by atoms with Crippen LogP contribution >= 0.6 is 0 Å². The molecule has 1 amide bonds. The second-order valence-electron chi connectivity index (χ2n) is 5.60. The number of carbonyl (C=O) groups is 1. The van der Waals surface area contributed by atoms with Crippen molar-refractivity contribution in [1.29, 1.82) is 0 Å². The number of carbonyl (C=O) groups excluding carboxylic acids is 1. The highest BCUT2D eigenvalue weighted by Crippen LogP contribution is 2.14. The van der Waals surface area contributed by atoms with Crippen molar-refractivity contribution in [2.45, 2.75) is 13.8 Å². The molecule has 1 N–H and O–H groups in total. The fourth-order valence-corrected chi connectivity index (χ4v) is 1.96. The van der Waals surface area contributed by atoms with Gasteiger partial charge < -0.3 is 10.2 Å². The van der Waals surface area contributed by atoms with Gasteiger partial charge in [0, 0.05) is 18.7 Å². The summed E-state index contributed by atoms with van der Waals surface area (Å²) < 4.78 is 13.0. The lowest BCUT2D eigenvalue weighted by molar-refractivity contribution is 0.0929. The number of hydrogen-bond acceptors (Lipinski definition) is 2. The molecule has 0 unspecified atom stereocenters. The van der Waals surface area contributed by atoms with E-state index in [4.69, 9.17) is 0 Å². The van der Waals surface area contributed by atoms with Crippen LogP contribution in [0, 0.1) is 11.2 Å². The summed E-state index contributed by atoms with van der Waals surface area (Å²) in [5.74, 6) is -0.628. The van der Waals surface area contributed by atoms with Gasteiger partial charge in [-0.15, -0.1) is 0 Å². The molecule has 0 aromatic heterocycles. The molecule has 4 heteroatoms. The van der Waals surface area contributed by atoms with Gasteiger partial charge in [-0.3, -0.25) is 4.79 Å². The summed E-state index contributed by atoms with van der Waals surface area (Å²) in [7, 11) is 3.99. The van der Waals surface area contributed by atoms with Gasteiger partial charge in [0.25, 0.3) is 5.91 Å². The molecular formula is C14H21FN2O. The van der Waals surface area contributed by atoms with Gasteiger partial charge in [-0.2, -0.15) is 0 Å². The molecule has 0 bridgehead atoms. The standard InChI is InChI=1S/C14H21FN2O/c1-14(2,10-17(3)4)9-16-13(18)11-6-5-7-12(15)8-11/h5-8H,9-10H2,1-4H3,(H,16,18). The number of nitrogens with zero attached hydrogens (tertiary/aromatic N) is 1. The molecule has 0 fully saturated rings. The summed E-state index contributed by atoms with van der Waals surface area (Å²) in [6.45, 7) is 5.59. The summed E-state index contributed by atoms with van der Waals surface area (Å²) in [4.78, 5) is 13.9. The Bertz CT molecular complexity index is 416. The van der Waals surface area contributed by atoms with Crippen LogP contribution in [0.5, 0.6) is 0 Å². The number of halogens is 1. The summed E-state index contributed by atoms with van der Waals surface area (Å²) in [5, 5.41) is 2.84. The Morgan fingerprint density at radius 2 is 2.06 bits per heavy atom. The van der Waals surface area contributed by atoms with Crippen LogP contribution in [-0.2, 0) is 0 Å². The molecule has 0 aliphatic rings. The van der Waals surface area contributed by atoms with Gasteiger partial charge in [0.15, 0.2) is 0 Å². The maximum atomic E-state index is 13.0. The first-order chi connectivity index (χ1) is 8.30. The van der Waals surface area contributed by atoms with Gasteiger partial charge in [0.1, 0.15) is 5.82 Å². The molecule has 18 heavy (non-hydrogen) atoms. The van der Waals surface area contributed by atoms with Crippen LogP contribution in [0.25, 0.3) is 0 Å². The Labute approximate surface area is 108 Å². The zero-order valence-corrected chi connectivity index (χ0v) is 11.5. The van der Waals surface area contributed by atoms with Gasteiger partial charge in [-0.25, -0.2) is 4.39 Å². The number of benzene rings is 1. The van der Waals surface area contributed by atoms with E-state index in [9.17, 15) is 9.18 Å². The first-order valence-corrected chi connectivity index (χ1v) is 5.99. The van der Waals surface area contributed by atoms with E-state index >= 15 is 0 Å². The monoisotopic (exact) mass is 252 g/mol. The van der Waals surface area contributed by atoms with Crippen LogP contribution in [-0.4, -0.2) is 38.0 Å². The predicted molar refractivity (Wildman–Crippen MR) is 71.1 cm³/mol. The lowest BCUT2D eigenvalue weighted by Gasteiger charge is -2.28. The van der Waals surface area contributed by atoms with Gasteiger partial charge in [0.2, 0.25) is 0 Å². The molecule has 1 aromatic carbocycles. The molecule has 1 rings (SSSR count). The maximum Gasteiger partial charge on any atom is 0.251 e. The molecule has 0 aliphatic carbocycles. The Kier molecular flexibility index (Phi) is 4.84. The minimum Gasteiger partial charge on any atom is -0.351 e. The van der Waals surface area contributed by atoms with E-state index in [0.29, 0.717) is 12.1 Å². The van der Waals surface area contributed by atoms with E-state index in [1.807, 2.05) is 14.1 Å². The van der Waals surface area contributed by atoms with Crippen molar-refractivity contribution in [1.82, 2.24) is 10.2 Å². The highest BCUT2D eigenvalue weighted by atomic mass is 19.1. The number of rotatable bonds is 5. The highest BCUT2D eigenvalue weighted by Gasteiger charge is 2.20. The van der Waals surface area contributed by atoms with Crippen LogP contribution in [0.1, 0.15) is 24.2 Å². The summed E-state index contributed by atoms with van der Waals surface area (Å²) in [6.07, 6.45) is 0. The Hall–Kier alpha value is -1.42. The van der Waals surface area contributed by atoms with Crippen molar-refractivity contribution in [3.05, 3.63) is 35.6 Å². The lowest BCUT2D eigenvalue weighted by Crippen LogP contribution is -2.39. The second-order valence-corrected chi connectivity index (χ2v) is 5.60. The van der Waals surface area contributed by atoms with E-state index in [1.165, 1.54) is 18.2 Å². The maximum absolute atomic E-state index is 13.0. The summed E-state index contributed by atoms with van der Waals surface area (Å²) in [5.41, 5.74) is 0.336. The van der Waals surface area contributed by atoms with E-state index < -0.39 is 5.82 Å². The minimum atomic E-state index is -0.393. The molecule has 0 saturated heterocycles. The van der Waals surface area contributed by atoms with Crippen molar-refractivity contribution in [2.75, 3.05) is 27.2 Å². The second kappa shape index (κ2) is 5.96. The van der Waals surface area contributed by atoms with Crippen molar-refractivity contribution in [3.63, 3.8) is 0 Å². The zero-order chi connectivity index (χ0) is 13.8. The number of amides is 1. The summed E-state index contributed by atoms with van der Waals surface area (Å²) >= 11 is 0. The molecule has 3 nitrogen and oxygen atoms in total. The SMILES string of the molecule is CN(C)CC(C)(C)CNC(=O)c1cccc(F)c1. The Balaban J connectivity index is 2.56. The van der Waals surface area contributed by atoms with Gasteiger partial charge in [-0.1, -0.05) is 19.9 Å². The fraction of sp³-hybridized carbons (Fsp3) is 0.500. The van der Waals surface area contributed by atoms with Crippen LogP contribution in [0.15, 0.2) is 24.3 Å². The minimum absolute atomic E-state index is 0.0213. The van der Waals surface area contributed by atoms with E-state index in [1.54, 1.807) is 6.07 Å². The molecule has 0 aliphatic heterocycles. The van der Waals surface area contributed by atoms with Crippen LogP contribution in [0.4, 0.5) is 4.39 Å². The van der Waals surface area contributed by atoms with Crippen molar-refractivity contribution >= 4 is 5.91 Å². The van der Waals surface area contributed by atoms with Crippen LogP contribution in [0.3, 0.4) is 0 Å². The quantitative estimate of drug-likeness (QED) is 0.871. The normalized spacial score (nSPS) is 11.7. The molecule has 1 aromatic rings. The first-order valence-electron chi connectivity index (χ1n) is 5.99. The molecule has 0 heterocycles. The van der Waals surface area contributed by atoms with Gasteiger partial charge in [0.05, 0.1) is 0 Å². The largest absolute Gasteiger partial charge is 0.351 e. The van der Waals surface area contributed by atoms with Gasteiger partial charge in [-0.05, 0) is 37.7 Å². The molecule has 0 saturated carbocycles. The van der Waals surface area contributed by atoms with E-state index in [-0.39, 0.29) is 11.3 Å². The molecule has 0 atom stereocenters. The van der Waals surface area contributed by atoms with E-state index in [2.05, 4.69) is 24.1 Å². The Morgan fingerprint density at radius 3 is 2.61 bits per heavy atom. The van der Waals surface area contributed by atoms with Crippen LogP contribution < -0.4 is 5.32 Å². The Morgan fingerprint density at radius 1 is 1.39 bits per heavy atom. The van der Waals surface area contributed by atoms with Gasteiger partial charge >= 0.3 is 0 Å². The predicted octanol–water partition coefficient (Wildman–Crippen LogP) is 2.14. The fourth-order valence-electron chi connectivity index (χ4n) is 1.96. The third-order valence-corrected chi connectivity index (χ3v) is 2.56. The summed E-state index contributed by atoms with van der Waals surface area (Å²) in [6, 6.07) is 5.72. The molecule has 100 valence electrons. The molecule has 0 spiro atoms. The first kappa shape index (κ1) is 14.6. The van der Waals surface area contributed by atoms with Crippen molar-refractivity contribution in [2.24, 2.45) is 5.41 Å². The lowest BCUT2D eigenvalue weighted by atomic mass is 9.93. The molecule has 0 radical (unpaired) electrons. The average molecular weight is 252 g/mol.